The number of nitrogens with one attached hydrogen (secondary N) is 1. The molecule has 0 aliphatic carbocycles. The molecule has 16 heavy (non-hydrogen) atoms. The number of carbonyl (C=O) groups is 1. The van der Waals surface area contributed by atoms with Gasteiger partial charge in [-0.3, -0.25) is 4.55 Å². The minimum atomic E-state index is -4.77. The summed E-state index contributed by atoms with van der Waals surface area (Å²) < 4.78 is 32.1. The average molecular weight is 247 g/mol. The molecule has 0 spiro atoms. The SMILES string of the molecule is O=C(CNc1cccc(O)c1)OS(=O)(=O)O. The molecule has 0 radical (unpaired) electrons. The monoisotopic (exact) mass is 247 g/mol. The Morgan fingerprint density at radius 3 is 2.69 bits per heavy atom. The standard InChI is InChI=1S/C8H9NO6S/c10-7-3-1-2-6(4-7)9-5-8(11)15-16(12,13)14/h1-4,9-10H,5H2,(H,12,13,14). The first kappa shape index (κ1) is 12.3. The van der Waals surface area contributed by atoms with Gasteiger partial charge in [-0.15, -0.1) is 0 Å². The molecule has 88 valence electrons. The van der Waals surface area contributed by atoms with Crippen molar-refractivity contribution in [3.8, 4) is 5.75 Å². The van der Waals surface area contributed by atoms with Crippen LogP contribution >= 0.6 is 0 Å². The van der Waals surface area contributed by atoms with Gasteiger partial charge in [-0.05, 0) is 12.1 Å². The highest BCUT2D eigenvalue weighted by Gasteiger charge is 2.12. The Labute approximate surface area is 91.6 Å². The number of anilines is 1. The number of phenolic OH excluding ortho intramolecular Hbond substituents is 1. The van der Waals surface area contributed by atoms with Gasteiger partial charge in [-0.1, -0.05) is 6.07 Å². The second-order valence-corrected chi connectivity index (χ2v) is 3.81. The average Bonchev–Trinajstić information content (AvgIpc) is 2.12. The van der Waals surface area contributed by atoms with Gasteiger partial charge in [0.2, 0.25) is 0 Å². The van der Waals surface area contributed by atoms with Crippen molar-refractivity contribution < 1.29 is 27.1 Å². The van der Waals surface area contributed by atoms with Gasteiger partial charge in [0, 0.05) is 11.8 Å². The van der Waals surface area contributed by atoms with E-state index in [1.54, 1.807) is 6.07 Å². The summed E-state index contributed by atoms with van der Waals surface area (Å²) in [5.41, 5.74) is 0.410. The number of hydrogen-bond donors (Lipinski definition) is 3. The first-order valence-corrected chi connectivity index (χ1v) is 5.46. The van der Waals surface area contributed by atoms with Crippen molar-refractivity contribution in [2.45, 2.75) is 0 Å². The summed E-state index contributed by atoms with van der Waals surface area (Å²) in [5.74, 6) is -1.17. The Kier molecular flexibility index (Phi) is 3.69. The highest BCUT2D eigenvalue weighted by atomic mass is 32.3. The van der Waals surface area contributed by atoms with E-state index in [-0.39, 0.29) is 5.75 Å². The molecule has 0 fully saturated rings. The predicted octanol–water partition coefficient (Wildman–Crippen LogP) is 0.150. The van der Waals surface area contributed by atoms with E-state index in [2.05, 4.69) is 9.50 Å². The van der Waals surface area contributed by atoms with Crippen LogP contribution in [0.1, 0.15) is 0 Å². The molecule has 0 bridgehead atoms. The number of hydrogen-bond acceptors (Lipinski definition) is 6. The zero-order valence-electron chi connectivity index (χ0n) is 7.95. The Balaban J connectivity index is 2.49. The van der Waals surface area contributed by atoms with E-state index in [1.807, 2.05) is 0 Å². The maximum Gasteiger partial charge on any atom is 0.449 e. The van der Waals surface area contributed by atoms with Crippen molar-refractivity contribution in [1.29, 1.82) is 0 Å². The topological polar surface area (TPSA) is 113 Å². The maximum atomic E-state index is 10.8. The smallest absolute Gasteiger partial charge is 0.449 e. The molecule has 0 unspecified atom stereocenters. The molecule has 0 aliphatic rings. The lowest BCUT2D eigenvalue weighted by molar-refractivity contribution is -0.132. The Morgan fingerprint density at radius 1 is 1.44 bits per heavy atom. The lowest BCUT2D eigenvalue weighted by Crippen LogP contribution is -2.20. The van der Waals surface area contributed by atoms with Gasteiger partial charge in [0.05, 0.1) is 0 Å². The zero-order valence-corrected chi connectivity index (χ0v) is 8.77. The van der Waals surface area contributed by atoms with Crippen LogP contribution in [0.15, 0.2) is 24.3 Å². The fourth-order valence-electron chi connectivity index (χ4n) is 0.937. The molecule has 0 aliphatic heterocycles. The van der Waals surface area contributed by atoms with Crippen molar-refractivity contribution >= 4 is 22.1 Å². The molecule has 0 saturated heterocycles. The molecular formula is C8H9NO6S. The summed E-state index contributed by atoms with van der Waals surface area (Å²) in [5, 5.41) is 11.6. The van der Waals surface area contributed by atoms with Gasteiger partial charge in [0.25, 0.3) is 0 Å². The molecule has 0 saturated carbocycles. The van der Waals surface area contributed by atoms with E-state index < -0.39 is 22.9 Å². The first-order chi connectivity index (χ1) is 7.37. The van der Waals surface area contributed by atoms with Crippen LogP contribution in [-0.4, -0.2) is 30.6 Å². The van der Waals surface area contributed by atoms with Crippen LogP contribution in [0, 0.1) is 0 Å². The summed E-state index contributed by atoms with van der Waals surface area (Å²) >= 11 is 0. The number of benzene rings is 1. The predicted molar refractivity (Wildman–Crippen MR) is 54.2 cm³/mol. The molecular weight excluding hydrogens is 238 g/mol. The zero-order chi connectivity index (χ0) is 12.2. The third-order valence-corrected chi connectivity index (χ3v) is 1.88. The fraction of sp³-hybridized carbons (Fsp3) is 0.125. The summed E-state index contributed by atoms with van der Waals surface area (Å²) in [6, 6.07) is 5.86. The molecule has 1 aromatic rings. The van der Waals surface area contributed by atoms with Crippen LogP contribution in [0.4, 0.5) is 5.69 Å². The summed E-state index contributed by atoms with van der Waals surface area (Å²) in [7, 11) is -4.77. The largest absolute Gasteiger partial charge is 0.508 e. The molecule has 8 heteroatoms. The van der Waals surface area contributed by atoms with Crippen molar-refractivity contribution in [3.63, 3.8) is 0 Å². The van der Waals surface area contributed by atoms with Crippen LogP contribution in [0.2, 0.25) is 0 Å². The molecule has 0 atom stereocenters. The Bertz CT molecular complexity index is 483. The van der Waals surface area contributed by atoms with E-state index in [0.717, 1.165) is 0 Å². The van der Waals surface area contributed by atoms with Gasteiger partial charge in [0.1, 0.15) is 12.3 Å². The van der Waals surface area contributed by atoms with Gasteiger partial charge in [-0.25, -0.2) is 4.79 Å². The third kappa shape index (κ3) is 4.62. The van der Waals surface area contributed by atoms with Crippen LogP contribution in [0.3, 0.4) is 0 Å². The van der Waals surface area contributed by atoms with E-state index >= 15 is 0 Å². The minimum Gasteiger partial charge on any atom is -0.508 e. The number of phenols is 1. The fourth-order valence-corrected chi connectivity index (χ4v) is 1.23. The number of carbonyl (C=O) groups excluding carboxylic acids is 1. The molecule has 3 N–H and O–H groups in total. The second-order valence-electron chi connectivity index (χ2n) is 2.79. The van der Waals surface area contributed by atoms with Crippen molar-refractivity contribution in [2.24, 2.45) is 0 Å². The first-order valence-electron chi connectivity index (χ1n) is 4.09. The maximum absolute atomic E-state index is 10.8. The highest BCUT2D eigenvalue weighted by molar-refractivity contribution is 7.81. The summed E-state index contributed by atoms with van der Waals surface area (Å²) in [6.45, 7) is -0.455. The van der Waals surface area contributed by atoms with Crippen molar-refractivity contribution in [3.05, 3.63) is 24.3 Å². The van der Waals surface area contributed by atoms with E-state index in [9.17, 15) is 13.2 Å². The molecule has 1 rings (SSSR count). The van der Waals surface area contributed by atoms with Crippen LogP contribution in [0.5, 0.6) is 5.75 Å². The molecule has 0 heterocycles. The number of rotatable bonds is 4. The molecule has 0 amide bonds. The molecule has 7 nitrogen and oxygen atoms in total. The van der Waals surface area contributed by atoms with Crippen LogP contribution < -0.4 is 5.32 Å². The van der Waals surface area contributed by atoms with Gasteiger partial charge >= 0.3 is 16.4 Å². The number of aromatic hydroxyl groups is 1. The van der Waals surface area contributed by atoms with Crippen LogP contribution in [0.25, 0.3) is 0 Å². The normalized spacial score (nSPS) is 10.8. The molecule has 1 aromatic carbocycles. The third-order valence-electron chi connectivity index (χ3n) is 1.48. The highest BCUT2D eigenvalue weighted by Crippen LogP contribution is 2.14. The van der Waals surface area contributed by atoms with Gasteiger partial charge in [-0.2, -0.15) is 8.42 Å². The van der Waals surface area contributed by atoms with Gasteiger partial charge in [0.15, 0.2) is 0 Å². The van der Waals surface area contributed by atoms with E-state index in [4.69, 9.17) is 9.66 Å². The minimum absolute atomic E-state index is 0.00635. The van der Waals surface area contributed by atoms with Crippen LogP contribution in [-0.2, 0) is 19.4 Å². The molecule has 0 aromatic heterocycles. The lowest BCUT2D eigenvalue weighted by atomic mass is 10.3. The summed E-state index contributed by atoms with van der Waals surface area (Å²) in [4.78, 5) is 10.8. The second kappa shape index (κ2) is 4.81. The lowest BCUT2D eigenvalue weighted by Gasteiger charge is -2.05. The van der Waals surface area contributed by atoms with Gasteiger partial charge < -0.3 is 14.6 Å². The summed E-state index contributed by atoms with van der Waals surface area (Å²) in [6.07, 6.45) is 0. The van der Waals surface area contributed by atoms with E-state index in [0.29, 0.717) is 5.69 Å². The van der Waals surface area contributed by atoms with E-state index in [1.165, 1.54) is 18.2 Å². The Hall–Kier alpha value is -1.80. The van der Waals surface area contributed by atoms with Crippen molar-refractivity contribution in [1.82, 2.24) is 0 Å². The van der Waals surface area contributed by atoms with Crippen molar-refractivity contribution in [2.75, 3.05) is 11.9 Å². The Morgan fingerprint density at radius 2 is 2.12 bits per heavy atom. The quantitative estimate of drug-likeness (QED) is 0.649.